The molecule has 0 spiro atoms. The number of hydrogen-bond acceptors (Lipinski definition) is 3. The van der Waals surface area contributed by atoms with Gasteiger partial charge in [-0.05, 0) is 35.6 Å². The normalized spacial score (nSPS) is 10.3. The molecule has 1 aromatic carbocycles. The van der Waals surface area contributed by atoms with E-state index in [9.17, 15) is 8.42 Å². The predicted octanol–water partition coefficient (Wildman–Crippen LogP) is -0.665. The maximum absolute atomic E-state index is 10.9. The predicted molar refractivity (Wildman–Crippen MR) is 58.5 cm³/mol. The quantitative estimate of drug-likeness (QED) is 0.382. The van der Waals surface area contributed by atoms with E-state index >= 15 is 0 Å². The number of halogens is 2. The second-order valence-electron chi connectivity index (χ2n) is 2.64. The molecule has 0 aromatic heterocycles. The molecule has 0 heterocycles. The Balaban J connectivity index is 0.00000196. The Morgan fingerprint density at radius 1 is 1.47 bits per heavy atom. The summed E-state index contributed by atoms with van der Waals surface area (Å²) in [5, 5.41) is 8.55. The summed E-state index contributed by atoms with van der Waals surface area (Å²) in [6.07, 6.45) is 0. The summed E-state index contributed by atoms with van der Waals surface area (Å²) < 4.78 is 30.9. The maximum Gasteiger partial charge on any atom is 0.389 e. The van der Waals surface area contributed by atoms with Gasteiger partial charge in [0.1, 0.15) is 4.90 Å². The fourth-order valence-electron chi connectivity index (χ4n) is 0.948. The minimum Gasteiger partial charge on any atom is -1.00 e. The van der Waals surface area contributed by atoms with Crippen LogP contribution in [0.1, 0.15) is 5.56 Å². The van der Waals surface area contributed by atoms with Crippen LogP contribution in [0.2, 0.25) is 0 Å². The van der Waals surface area contributed by atoms with Crippen molar-refractivity contribution in [2.45, 2.75) is 11.8 Å². The average molecular weight is 405 g/mol. The zero-order chi connectivity index (χ0) is 10.9. The summed E-state index contributed by atoms with van der Waals surface area (Å²) in [7, 11) is -4.26. The lowest BCUT2D eigenvalue weighted by Crippen LogP contribution is -3.00. The topological polar surface area (TPSA) is 82.5 Å². The van der Waals surface area contributed by atoms with Gasteiger partial charge in [-0.1, -0.05) is 0 Å². The number of benzene rings is 1. The molecule has 1 N–H and O–H groups in total. The Kier molecular flexibility index (Phi) is 5.12. The first kappa shape index (κ1) is 14.8. The summed E-state index contributed by atoms with van der Waals surface area (Å²) >= 11 is 1.78. The molecular formula is C7H6BrIN2O3S. The summed E-state index contributed by atoms with van der Waals surface area (Å²) in [5.41, 5.74) is 0.752. The zero-order valence-corrected chi connectivity index (χ0v) is 12.0. The Bertz CT molecular complexity index is 524. The molecule has 0 aliphatic rings. The van der Waals surface area contributed by atoms with E-state index in [0.29, 0.717) is 9.13 Å². The van der Waals surface area contributed by atoms with Crippen LogP contribution in [0, 0.1) is 15.9 Å². The Morgan fingerprint density at radius 3 is 2.40 bits per heavy atom. The largest absolute Gasteiger partial charge is 1.00 e. The van der Waals surface area contributed by atoms with Crippen LogP contribution >= 0.6 is 22.6 Å². The van der Waals surface area contributed by atoms with Gasteiger partial charge in [-0.15, -0.1) is 0 Å². The van der Waals surface area contributed by atoms with Crippen molar-refractivity contribution in [3.8, 4) is 0 Å². The molecule has 0 fully saturated rings. The summed E-state index contributed by atoms with van der Waals surface area (Å²) in [6.45, 7) is 1.67. The molecule has 0 radical (unpaired) electrons. The smallest absolute Gasteiger partial charge is 0.389 e. The minimum absolute atomic E-state index is 0. The van der Waals surface area contributed by atoms with Gasteiger partial charge in [0.2, 0.25) is 5.39 Å². The molecule has 82 valence electrons. The average Bonchev–Trinajstić information content (AvgIpc) is 2.02. The van der Waals surface area contributed by atoms with E-state index < -0.39 is 10.1 Å². The van der Waals surface area contributed by atoms with Crippen molar-refractivity contribution < 1.29 is 30.0 Å². The second-order valence-corrected chi connectivity index (χ2v) is 5.20. The minimum atomic E-state index is -4.26. The van der Waals surface area contributed by atoms with Gasteiger partial charge >= 0.3 is 5.69 Å². The fraction of sp³-hybridized carbons (Fsp3) is 0.143. The SMILES string of the molecule is Cc1cc(I)c(S(=O)(=O)O)cc1[N+]#N.[Br-]. The van der Waals surface area contributed by atoms with Crippen molar-refractivity contribution in [2.75, 3.05) is 0 Å². The van der Waals surface area contributed by atoms with Gasteiger partial charge in [0, 0.05) is 9.13 Å². The summed E-state index contributed by atoms with van der Waals surface area (Å²) in [5.74, 6) is 0. The van der Waals surface area contributed by atoms with Crippen molar-refractivity contribution in [3.05, 3.63) is 26.2 Å². The molecule has 0 unspecified atom stereocenters. The van der Waals surface area contributed by atoms with Crippen LogP contribution in [-0.2, 0) is 10.1 Å². The van der Waals surface area contributed by atoms with Crippen LogP contribution in [0.25, 0.3) is 4.98 Å². The number of aryl methyl sites for hydroxylation is 1. The lowest BCUT2D eigenvalue weighted by molar-refractivity contribution is -0.00000715. The molecule has 0 saturated carbocycles. The third kappa shape index (κ3) is 3.37. The van der Waals surface area contributed by atoms with Crippen LogP contribution in [0.15, 0.2) is 17.0 Å². The molecule has 5 nitrogen and oxygen atoms in total. The molecule has 0 atom stereocenters. The third-order valence-electron chi connectivity index (χ3n) is 1.64. The van der Waals surface area contributed by atoms with E-state index in [1.54, 1.807) is 29.5 Å². The highest BCUT2D eigenvalue weighted by molar-refractivity contribution is 14.1. The molecular weight excluding hydrogens is 399 g/mol. The number of rotatable bonds is 1. The molecule has 8 heteroatoms. The van der Waals surface area contributed by atoms with Gasteiger partial charge in [0.25, 0.3) is 10.1 Å². The van der Waals surface area contributed by atoms with Crippen molar-refractivity contribution in [1.29, 1.82) is 5.39 Å². The highest BCUT2D eigenvalue weighted by Crippen LogP contribution is 2.27. The highest BCUT2D eigenvalue weighted by atomic mass is 127. The number of nitrogens with zero attached hydrogens (tertiary/aromatic N) is 2. The van der Waals surface area contributed by atoms with E-state index in [2.05, 4.69) is 4.98 Å². The molecule has 0 aliphatic carbocycles. The maximum atomic E-state index is 10.9. The first-order valence-electron chi connectivity index (χ1n) is 3.49. The summed E-state index contributed by atoms with van der Waals surface area (Å²) in [6, 6.07) is 2.63. The number of hydrogen-bond donors (Lipinski definition) is 1. The standard InChI is InChI=1S/C7H5IN2O3S.BrH/c1-4-2-5(8)7(14(11,12)13)3-6(4)10-9;/h2-3H,1H3;1H. The van der Waals surface area contributed by atoms with Crippen molar-refractivity contribution >= 4 is 38.4 Å². The third-order valence-corrected chi connectivity index (χ3v) is 3.79. The Morgan fingerprint density at radius 2 is 2.00 bits per heavy atom. The van der Waals surface area contributed by atoms with Crippen LogP contribution in [0.3, 0.4) is 0 Å². The van der Waals surface area contributed by atoms with Crippen LogP contribution in [0.4, 0.5) is 5.69 Å². The molecule has 1 aromatic rings. The van der Waals surface area contributed by atoms with E-state index in [0.717, 1.165) is 6.07 Å². The summed E-state index contributed by atoms with van der Waals surface area (Å²) in [4.78, 5) is 2.65. The van der Waals surface area contributed by atoms with Crippen LogP contribution < -0.4 is 17.0 Å². The molecule has 0 bridgehead atoms. The van der Waals surface area contributed by atoms with Gasteiger partial charge < -0.3 is 17.0 Å². The van der Waals surface area contributed by atoms with Crippen molar-refractivity contribution in [1.82, 2.24) is 0 Å². The van der Waals surface area contributed by atoms with Gasteiger partial charge in [-0.3, -0.25) is 4.55 Å². The molecule has 15 heavy (non-hydrogen) atoms. The van der Waals surface area contributed by atoms with E-state index in [1.807, 2.05) is 0 Å². The van der Waals surface area contributed by atoms with Gasteiger partial charge in [0.05, 0.1) is 6.07 Å². The Labute approximate surface area is 111 Å². The Hall–Kier alpha value is -0.240. The first-order chi connectivity index (χ1) is 6.36. The first-order valence-corrected chi connectivity index (χ1v) is 6.01. The van der Waals surface area contributed by atoms with Crippen LogP contribution in [-0.4, -0.2) is 13.0 Å². The zero-order valence-electron chi connectivity index (χ0n) is 7.48. The van der Waals surface area contributed by atoms with Crippen molar-refractivity contribution in [2.24, 2.45) is 0 Å². The van der Waals surface area contributed by atoms with Gasteiger partial charge in [0.15, 0.2) is 4.98 Å². The van der Waals surface area contributed by atoms with E-state index in [-0.39, 0.29) is 27.6 Å². The molecule has 0 aliphatic heterocycles. The second kappa shape index (κ2) is 5.20. The molecule has 1 rings (SSSR count). The van der Waals surface area contributed by atoms with Gasteiger partial charge in [-0.25, -0.2) is 0 Å². The highest BCUT2D eigenvalue weighted by Gasteiger charge is 2.21. The van der Waals surface area contributed by atoms with Crippen molar-refractivity contribution in [3.63, 3.8) is 0 Å². The lowest BCUT2D eigenvalue weighted by Gasteiger charge is -1.99. The molecule has 0 amide bonds. The number of diazo groups is 1. The lowest BCUT2D eigenvalue weighted by atomic mass is 10.2. The molecule has 0 saturated heterocycles. The van der Waals surface area contributed by atoms with Gasteiger partial charge in [-0.2, -0.15) is 8.42 Å². The van der Waals surface area contributed by atoms with Crippen LogP contribution in [0.5, 0.6) is 0 Å². The van der Waals surface area contributed by atoms with E-state index in [4.69, 9.17) is 9.95 Å². The monoisotopic (exact) mass is 404 g/mol. The fourth-order valence-corrected chi connectivity index (χ4v) is 2.97. The van der Waals surface area contributed by atoms with E-state index in [1.165, 1.54) is 6.07 Å².